The van der Waals surface area contributed by atoms with E-state index in [2.05, 4.69) is 238 Å². The molecule has 3 nitrogen and oxygen atoms in total. The van der Waals surface area contributed by atoms with E-state index in [1.807, 2.05) is 0 Å². The largest absolute Gasteiger partial charge is 0.311 e. The quantitative estimate of drug-likeness (QED) is 0.153. The minimum Gasteiger partial charge on any atom is -0.311 e. The van der Waals surface area contributed by atoms with E-state index in [-0.39, 0.29) is 0 Å². The fourth-order valence-electron chi connectivity index (χ4n) is 10.2. The molecule has 0 fully saturated rings. The highest BCUT2D eigenvalue weighted by molar-refractivity contribution is 6.33. The predicted molar refractivity (Wildman–Crippen MR) is 259 cm³/mol. The molecule has 0 amide bonds. The first-order valence-corrected chi connectivity index (χ1v) is 21.0. The third-order valence-electron chi connectivity index (χ3n) is 12.8. The van der Waals surface area contributed by atoms with Crippen molar-refractivity contribution < 1.29 is 0 Å². The standard InChI is InChI=1S/C58H37N3/c1-4-14-41(15-5-1)59(42-16-6-2-7-17-42)44-29-24-38(25-30-44)46-32-26-39-27-34-51-57-40(28-33-50(46)56(39)57)36-52-49-35-31-45(37-55(49)61(58(51)52)43-18-8-3-9-19-43)60-53-22-12-10-20-47(53)48-21-11-13-23-54(48)60/h1-37H. The zero-order valence-electron chi connectivity index (χ0n) is 33.2. The van der Waals surface area contributed by atoms with Crippen molar-refractivity contribution in [3.05, 3.63) is 224 Å². The molecule has 13 rings (SSSR count). The highest BCUT2D eigenvalue weighted by Crippen LogP contribution is 2.46. The van der Waals surface area contributed by atoms with E-state index < -0.39 is 0 Å². The van der Waals surface area contributed by atoms with Gasteiger partial charge in [0.15, 0.2) is 0 Å². The SMILES string of the molecule is c1ccc(N(c2ccccc2)c2ccc(-c3ccc4ccc5c6c(ccc3c46)cc3c4ccc(-n6c7ccccc7c7ccccc76)cc4n(-c4ccccc4)c35)cc2)cc1. The maximum absolute atomic E-state index is 2.50. The number of hydrogen-bond donors (Lipinski definition) is 0. The van der Waals surface area contributed by atoms with Gasteiger partial charge in [-0.15, -0.1) is 0 Å². The van der Waals surface area contributed by atoms with Crippen LogP contribution in [-0.2, 0) is 0 Å². The maximum Gasteiger partial charge on any atom is 0.0620 e. The van der Waals surface area contributed by atoms with E-state index in [0.29, 0.717) is 0 Å². The smallest absolute Gasteiger partial charge is 0.0620 e. The lowest BCUT2D eigenvalue weighted by atomic mass is 9.89. The van der Waals surface area contributed by atoms with E-state index in [9.17, 15) is 0 Å². The van der Waals surface area contributed by atoms with Crippen LogP contribution in [0.25, 0.3) is 98.4 Å². The normalized spacial score (nSPS) is 11.9. The average molecular weight is 776 g/mol. The first kappa shape index (κ1) is 33.8. The van der Waals surface area contributed by atoms with Gasteiger partial charge in [0, 0.05) is 55.4 Å². The summed E-state index contributed by atoms with van der Waals surface area (Å²) < 4.78 is 4.92. The summed E-state index contributed by atoms with van der Waals surface area (Å²) >= 11 is 0. The van der Waals surface area contributed by atoms with Gasteiger partial charge in [0.05, 0.1) is 22.1 Å². The van der Waals surface area contributed by atoms with Crippen molar-refractivity contribution in [3.63, 3.8) is 0 Å². The lowest BCUT2D eigenvalue weighted by molar-refractivity contribution is 1.16. The lowest BCUT2D eigenvalue weighted by Gasteiger charge is -2.25. The lowest BCUT2D eigenvalue weighted by Crippen LogP contribution is -2.09. The Morgan fingerprint density at radius 1 is 0.295 bits per heavy atom. The van der Waals surface area contributed by atoms with Crippen LogP contribution in [0.4, 0.5) is 17.1 Å². The molecule has 0 radical (unpaired) electrons. The predicted octanol–water partition coefficient (Wildman–Crippen LogP) is 15.9. The molecule has 0 bridgehead atoms. The van der Waals surface area contributed by atoms with Crippen LogP contribution in [0.2, 0.25) is 0 Å². The summed E-state index contributed by atoms with van der Waals surface area (Å²) in [5, 5.41) is 12.7. The number of anilines is 3. The molecular weight excluding hydrogens is 739 g/mol. The van der Waals surface area contributed by atoms with E-state index in [0.717, 1.165) is 28.4 Å². The number of aromatic nitrogens is 2. The maximum atomic E-state index is 2.50. The fraction of sp³-hybridized carbons (Fsp3) is 0. The summed E-state index contributed by atoms with van der Waals surface area (Å²) in [7, 11) is 0. The van der Waals surface area contributed by atoms with Gasteiger partial charge in [-0.25, -0.2) is 0 Å². The van der Waals surface area contributed by atoms with Gasteiger partial charge in [-0.1, -0.05) is 146 Å². The topological polar surface area (TPSA) is 13.1 Å². The molecule has 0 aliphatic heterocycles. The second-order valence-corrected chi connectivity index (χ2v) is 16.1. The fourth-order valence-corrected chi connectivity index (χ4v) is 10.2. The molecule has 284 valence electrons. The van der Waals surface area contributed by atoms with Crippen molar-refractivity contribution in [2.24, 2.45) is 0 Å². The van der Waals surface area contributed by atoms with Crippen molar-refractivity contribution in [3.8, 4) is 22.5 Å². The Hall–Kier alpha value is -8.14. The highest BCUT2D eigenvalue weighted by atomic mass is 15.1. The Bertz CT molecular complexity index is 3690. The average Bonchev–Trinajstić information content (AvgIpc) is 3.84. The van der Waals surface area contributed by atoms with Crippen LogP contribution < -0.4 is 4.90 Å². The Labute approximate surface area is 352 Å². The van der Waals surface area contributed by atoms with Crippen LogP contribution in [-0.4, -0.2) is 9.13 Å². The van der Waals surface area contributed by atoms with Crippen LogP contribution in [0.15, 0.2) is 224 Å². The molecule has 0 spiro atoms. The van der Waals surface area contributed by atoms with Gasteiger partial charge >= 0.3 is 0 Å². The van der Waals surface area contributed by atoms with E-state index >= 15 is 0 Å². The molecule has 0 aliphatic rings. The third-order valence-corrected chi connectivity index (χ3v) is 12.8. The van der Waals surface area contributed by atoms with Crippen molar-refractivity contribution in [2.45, 2.75) is 0 Å². The van der Waals surface area contributed by atoms with Crippen LogP contribution in [0.1, 0.15) is 0 Å². The molecule has 0 unspecified atom stereocenters. The Balaban J connectivity index is 1.03. The first-order chi connectivity index (χ1) is 30.3. The van der Waals surface area contributed by atoms with Crippen molar-refractivity contribution in [1.29, 1.82) is 0 Å². The molecule has 2 aromatic heterocycles. The summed E-state index contributed by atoms with van der Waals surface area (Å²) in [6.45, 7) is 0. The molecule has 0 N–H and O–H groups in total. The van der Waals surface area contributed by atoms with Gasteiger partial charge in [-0.3, -0.25) is 0 Å². The molecule has 13 aromatic rings. The molecule has 61 heavy (non-hydrogen) atoms. The summed E-state index contributed by atoms with van der Waals surface area (Å²) in [5.41, 5.74) is 13.0. The first-order valence-electron chi connectivity index (χ1n) is 21.0. The number of fused-ring (bicyclic) bond motifs is 7. The second-order valence-electron chi connectivity index (χ2n) is 16.1. The van der Waals surface area contributed by atoms with Crippen LogP contribution >= 0.6 is 0 Å². The zero-order chi connectivity index (χ0) is 40.0. The van der Waals surface area contributed by atoms with Crippen molar-refractivity contribution in [2.75, 3.05) is 4.90 Å². The number of hydrogen-bond acceptors (Lipinski definition) is 1. The molecule has 3 heteroatoms. The minimum absolute atomic E-state index is 1.12. The Kier molecular flexibility index (Phi) is 7.31. The molecule has 0 saturated heterocycles. The molecule has 2 heterocycles. The third kappa shape index (κ3) is 5.04. The van der Waals surface area contributed by atoms with Gasteiger partial charge in [-0.2, -0.15) is 0 Å². The van der Waals surface area contributed by atoms with E-state index in [4.69, 9.17) is 0 Å². The highest BCUT2D eigenvalue weighted by Gasteiger charge is 2.22. The number of nitrogens with zero attached hydrogens (tertiary/aromatic N) is 3. The van der Waals surface area contributed by atoms with Crippen LogP contribution in [0.5, 0.6) is 0 Å². The van der Waals surface area contributed by atoms with E-state index in [1.165, 1.54) is 87.1 Å². The van der Waals surface area contributed by atoms with Gasteiger partial charge in [0.1, 0.15) is 0 Å². The number of para-hydroxylation sites is 5. The number of benzene rings is 11. The minimum atomic E-state index is 1.12. The molecular formula is C58H37N3. The molecule has 11 aromatic carbocycles. The second kappa shape index (κ2) is 13.2. The summed E-state index contributed by atoms with van der Waals surface area (Å²) in [5.74, 6) is 0. The number of rotatable bonds is 6. The van der Waals surface area contributed by atoms with Gasteiger partial charge in [0.25, 0.3) is 0 Å². The monoisotopic (exact) mass is 775 g/mol. The van der Waals surface area contributed by atoms with Crippen LogP contribution in [0, 0.1) is 0 Å². The summed E-state index contributed by atoms with van der Waals surface area (Å²) in [4.78, 5) is 2.32. The van der Waals surface area contributed by atoms with Gasteiger partial charge in [-0.05, 0) is 117 Å². The van der Waals surface area contributed by atoms with Gasteiger partial charge < -0.3 is 14.0 Å². The molecule has 0 saturated carbocycles. The van der Waals surface area contributed by atoms with Crippen LogP contribution in [0.3, 0.4) is 0 Å². The Morgan fingerprint density at radius 2 is 0.820 bits per heavy atom. The van der Waals surface area contributed by atoms with Gasteiger partial charge in [0.2, 0.25) is 0 Å². The van der Waals surface area contributed by atoms with Crippen molar-refractivity contribution >= 4 is 93.0 Å². The zero-order valence-corrected chi connectivity index (χ0v) is 33.2. The summed E-state index contributed by atoms with van der Waals surface area (Å²) in [6, 6.07) is 82.1. The molecule has 0 atom stereocenters. The molecule has 0 aliphatic carbocycles. The van der Waals surface area contributed by atoms with Crippen molar-refractivity contribution in [1.82, 2.24) is 9.13 Å². The van der Waals surface area contributed by atoms with E-state index in [1.54, 1.807) is 0 Å². The Morgan fingerprint density at radius 3 is 1.51 bits per heavy atom. The summed E-state index contributed by atoms with van der Waals surface area (Å²) in [6.07, 6.45) is 0.